The molecule has 3 fully saturated rings. The zero-order valence-corrected chi connectivity index (χ0v) is 7.76. The van der Waals surface area contributed by atoms with Gasteiger partial charge in [0, 0.05) is 0 Å². The van der Waals surface area contributed by atoms with Crippen molar-refractivity contribution >= 4 is 0 Å². The van der Waals surface area contributed by atoms with Crippen molar-refractivity contribution in [2.75, 3.05) is 0 Å². The summed E-state index contributed by atoms with van der Waals surface area (Å²) in [4.78, 5) is 0. The molecule has 13 heavy (non-hydrogen) atoms. The van der Waals surface area contributed by atoms with Crippen LogP contribution in [-0.2, 0) is 0 Å². The van der Waals surface area contributed by atoms with E-state index < -0.39 is 0 Å². The van der Waals surface area contributed by atoms with E-state index in [4.69, 9.17) is 0 Å². The van der Waals surface area contributed by atoms with Crippen LogP contribution in [0.2, 0.25) is 0 Å². The van der Waals surface area contributed by atoms with Gasteiger partial charge in [0.05, 0.1) is 6.10 Å². The predicted octanol–water partition coefficient (Wildman–Crippen LogP) is 1.83. The van der Waals surface area contributed by atoms with E-state index in [1.165, 1.54) is 12.8 Å². The van der Waals surface area contributed by atoms with Gasteiger partial charge in [-0.2, -0.15) is 0 Å². The number of hydrogen-bond acceptors (Lipinski definition) is 1. The molecule has 4 aliphatic rings. The second kappa shape index (κ2) is 2.03. The van der Waals surface area contributed by atoms with Gasteiger partial charge in [-0.15, -0.1) is 0 Å². The highest BCUT2D eigenvalue weighted by Gasteiger charge is 2.60. The van der Waals surface area contributed by atoms with Crippen LogP contribution in [0.3, 0.4) is 0 Å². The Kier molecular flexibility index (Phi) is 1.10. The Labute approximate surface area is 78.8 Å². The minimum atomic E-state index is 0.0546. The number of hydrogen-bond donors (Lipinski definition) is 1. The van der Waals surface area contributed by atoms with E-state index >= 15 is 0 Å². The molecule has 0 amide bonds. The second-order valence-corrected chi connectivity index (χ2v) is 5.57. The van der Waals surface area contributed by atoms with Crippen LogP contribution in [-0.4, -0.2) is 11.2 Å². The summed E-state index contributed by atoms with van der Waals surface area (Å²) >= 11 is 0. The third kappa shape index (κ3) is 0.665. The Hall–Kier alpha value is -0.300. The lowest BCUT2D eigenvalue weighted by atomic mass is 9.72. The average molecular weight is 176 g/mol. The first-order chi connectivity index (χ1) is 6.34. The van der Waals surface area contributed by atoms with Crippen LogP contribution >= 0.6 is 0 Å². The lowest BCUT2D eigenvalue weighted by Crippen LogP contribution is -2.33. The van der Waals surface area contributed by atoms with Gasteiger partial charge in [0.2, 0.25) is 0 Å². The van der Waals surface area contributed by atoms with Gasteiger partial charge < -0.3 is 5.11 Å². The molecular formula is C12H16O. The van der Waals surface area contributed by atoms with Gasteiger partial charge in [0.1, 0.15) is 0 Å². The third-order valence-corrected chi connectivity index (χ3v) is 5.24. The number of rotatable bonds is 0. The fourth-order valence-electron chi connectivity index (χ4n) is 4.98. The van der Waals surface area contributed by atoms with E-state index in [9.17, 15) is 5.11 Å². The molecule has 3 saturated carbocycles. The Morgan fingerprint density at radius 1 is 0.923 bits per heavy atom. The molecule has 0 aromatic rings. The molecule has 0 spiro atoms. The van der Waals surface area contributed by atoms with Crippen molar-refractivity contribution in [2.24, 2.45) is 35.5 Å². The fraction of sp³-hybridized carbons (Fsp3) is 0.833. The molecule has 1 nitrogen and oxygen atoms in total. The lowest BCUT2D eigenvalue weighted by Gasteiger charge is -2.34. The molecule has 4 aliphatic carbocycles. The van der Waals surface area contributed by atoms with E-state index in [2.05, 4.69) is 12.2 Å². The van der Waals surface area contributed by atoms with Crippen LogP contribution in [0.25, 0.3) is 0 Å². The van der Waals surface area contributed by atoms with Gasteiger partial charge >= 0.3 is 0 Å². The van der Waals surface area contributed by atoms with Crippen molar-refractivity contribution in [3.05, 3.63) is 12.2 Å². The topological polar surface area (TPSA) is 20.2 Å². The Morgan fingerprint density at radius 2 is 1.69 bits per heavy atom. The van der Waals surface area contributed by atoms with Crippen LogP contribution in [0.4, 0.5) is 0 Å². The molecule has 70 valence electrons. The number of allylic oxidation sites excluding steroid dienone is 2. The van der Waals surface area contributed by atoms with Gasteiger partial charge in [0.15, 0.2) is 0 Å². The Bertz CT molecular complexity index is 283. The fourth-order valence-corrected chi connectivity index (χ4v) is 4.98. The molecule has 0 aromatic carbocycles. The number of aliphatic hydroxyl groups excluding tert-OH is 1. The molecule has 0 heterocycles. The van der Waals surface area contributed by atoms with Gasteiger partial charge in [-0.05, 0) is 54.8 Å². The quantitative estimate of drug-likeness (QED) is 0.441. The summed E-state index contributed by atoms with van der Waals surface area (Å²) in [5.74, 6) is 5.16. The van der Waals surface area contributed by atoms with Crippen molar-refractivity contribution in [2.45, 2.75) is 25.4 Å². The molecule has 0 aromatic heterocycles. The van der Waals surface area contributed by atoms with Crippen molar-refractivity contribution in [1.29, 1.82) is 0 Å². The highest BCUT2D eigenvalue weighted by Crippen LogP contribution is 2.65. The zero-order valence-electron chi connectivity index (χ0n) is 7.76. The van der Waals surface area contributed by atoms with Crippen LogP contribution < -0.4 is 0 Å². The maximum atomic E-state index is 9.87. The van der Waals surface area contributed by atoms with Crippen molar-refractivity contribution in [3.8, 4) is 0 Å². The molecule has 0 aliphatic heterocycles. The summed E-state index contributed by atoms with van der Waals surface area (Å²) < 4.78 is 0. The zero-order chi connectivity index (χ0) is 8.58. The lowest BCUT2D eigenvalue weighted by molar-refractivity contribution is 0.0484. The van der Waals surface area contributed by atoms with E-state index in [0.29, 0.717) is 5.92 Å². The van der Waals surface area contributed by atoms with Crippen LogP contribution in [0.5, 0.6) is 0 Å². The summed E-state index contributed by atoms with van der Waals surface area (Å²) in [6.45, 7) is 0. The smallest absolute Gasteiger partial charge is 0.0574 e. The molecule has 4 bridgehead atoms. The van der Waals surface area contributed by atoms with E-state index in [1.807, 2.05) is 0 Å². The first kappa shape index (κ1) is 7.05. The summed E-state index contributed by atoms with van der Waals surface area (Å²) in [6, 6.07) is 0. The highest BCUT2D eigenvalue weighted by atomic mass is 16.3. The molecule has 1 heteroatoms. The average Bonchev–Trinajstić information content (AvgIpc) is 2.78. The second-order valence-electron chi connectivity index (χ2n) is 5.57. The Morgan fingerprint density at radius 3 is 2.54 bits per heavy atom. The standard InChI is InChI=1S/C12H16O/c13-10-5-8-4-9(10)12-7-2-1-6(3-7)11(8)12/h1-2,6-13H,3-5H2/t6-,7-,8-,9+,10+,11+,12+/m0/s1. The number of fused-ring (bicyclic) bond motifs is 9. The molecule has 1 N–H and O–H groups in total. The van der Waals surface area contributed by atoms with Gasteiger partial charge in [-0.25, -0.2) is 0 Å². The van der Waals surface area contributed by atoms with Gasteiger partial charge in [0.25, 0.3) is 0 Å². The van der Waals surface area contributed by atoms with Crippen molar-refractivity contribution in [1.82, 2.24) is 0 Å². The molecule has 7 atom stereocenters. The summed E-state index contributed by atoms with van der Waals surface area (Å²) in [6.07, 6.45) is 8.81. The van der Waals surface area contributed by atoms with E-state index in [0.717, 1.165) is 36.0 Å². The van der Waals surface area contributed by atoms with E-state index in [-0.39, 0.29) is 6.10 Å². The predicted molar refractivity (Wildman–Crippen MR) is 49.9 cm³/mol. The molecule has 0 saturated heterocycles. The van der Waals surface area contributed by atoms with Gasteiger partial charge in [-0.3, -0.25) is 0 Å². The molecule has 4 rings (SSSR count). The summed E-state index contributed by atoms with van der Waals surface area (Å²) in [5, 5.41) is 9.87. The minimum Gasteiger partial charge on any atom is -0.393 e. The highest BCUT2D eigenvalue weighted by molar-refractivity contribution is 5.20. The van der Waals surface area contributed by atoms with Gasteiger partial charge in [-0.1, -0.05) is 12.2 Å². The van der Waals surface area contributed by atoms with Crippen molar-refractivity contribution in [3.63, 3.8) is 0 Å². The number of aliphatic hydroxyl groups is 1. The molecular weight excluding hydrogens is 160 g/mol. The third-order valence-electron chi connectivity index (χ3n) is 5.24. The molecule has 0 unspecified atom stereocenters. The van der Waals surface area contributed by atoms with Crippen LogP contribution in [0.1, 0.15) is 19.3 Å². The first-order valence-electron chi connectivity index (χ1n) is 5.71. The first-order valence-corrected chi connectivity index (χ1v) is 5.71. The molecule has 0 radical (unpaired) electrons. The SMILES string of the molecule is O[C@@H]1C[C@@H]2C[C@H]1[C@@H]1[C@@H]2[C@H]2C=C[C@H]1C2. The van der Waals surface area contributed by atoms with E-state index in [1.54, 1.807) is 0 Å². The maximum Gasteiger partial charge on any atom is 0.0574 e. The largest absolute Gasteiger partial charge is 0.393 e. The maximum absolute atomic E-state index is 9.87. The van der Waals surface area contributed by atoms with Crippen molar-refractivity contribution < 1.29 is 5.11 Å². The Balaban J connectivity index is 1.79. The van der Waals surface area contributed by atoms with Crippen LogP contribution in [0, 0.1) is 35.5 Å². The summed E-state index contributed by atoms with van der Waals surface area (Å²) in [5.41, 5.74) is 0. The normalized spacial score (nSPS) is 66.4. The minimum absolute atomic E-state index is 0.0546. The monoisotopic (exact) mass is 176 g/mol. The summed E-state index contributed by atoms with van der Waals surface area (Å²) in [7, 11) is 0. The van der Waals surface area contributed by atoms with Crippen LogP contribution in [0.15, 0.2) is 12.2 Å².